The van der Waals surface area contributed by atoms with Crippen molar-refractivity contribution in [2.75, 3.05) is 13.1 Å². The predicted molar refractivity (Wildman–Crippen MR) is 47.5 cm³/mol. The highest BCUT2D eigenvalue weighted by molar-refractivity contribution is 6.00. The second kappa shape index (κ2) is 3.05. The van der Waals surface area contributed by atoms with Crippen molar-refractivity contribution >= 4 is 5.84 Å². The number of hydrogen-bond donors (Lipinski definition) is 2. The molecule has 1 aliphatic heterocycles. The molecule has 2 rings (SSSR count). The Hall–Kier alpha value is -1.58. The summed E-state index contributed by atoms with van der Waals surface area (Å²) in [5, 5.41) is 12.1. The van der Waals surface area contributed by atoms with Crippen LogP contribution in [0.4, 0.5) is 4.39 Å². The summed E-state index contributed by atoms with van der Waals surface area (Å²) in [5.41, 5.74) is 0.593. The minimum Gasteiger partial charge on any atom is -0.508 e. The third-order valence-electron chi connectivity index (χ3n) is 1.83. The number of phenols is 1. The Morgan fingerprint density at radius 2 is 2.23 bits per heavy atom. The van der Waals surface area contributed by atoms with Crippen molar-refractivity contribution in [1.82, 2.24) is 5.32 Å². The molecule has 0 atom stereocenters. The van der Waals surface area contributed by atoms with Crippen LogP contribution in [0.15, 0.2) is 23.2 Å². The molecule has 0 saturated heterocycles. The van der Waals surface area contributed by atoms with E-state index in [9.17, 15) is 4.39 Å². The number of hydrogen-bond acceptors (Lipinski definition) is 3. The Morgan fingerprint density at radius 1 is 1.38 bits per heavy atom. The van der Waals surface area contributed by atoms with E-state index in [-0.39, 0.29) is 5.75 Å². The second-order valence-electron chi connectivity index (χ2n) is 2.86. The van der Waals surface area contributed by atoms with Crippen LogP contribution >= 0.6 is 0 Å². The van der Waals surface area contributed by atoms with Gasteiger partial charge in [0.25, 0.3) is 0 Å². The van der Waals surface area contributed by atoms with E-state index < -0.39 is 5.82 Å². The molecule has 4 heteroatoms. The highest BCUT2D eigenvalue weighted by atomic mass is 19.1. The van der Waals surface area contributed by atoms with E-state index in [1.54, 1.807) is 0 Å². The van der Waals surface area contributed by atoms with E-state index in [0.29, 0.717) is 17.9 Å². The van der Waals surface area contributed by atoms with Gasteiger partial charge < -0.3 is 10.4 Å². The summed E-state index contributed by atoms with van der Waals surface area (Å²) in [5.74, 6) is 0.118. The van der Waals surface area contributed by atoms with E-state index in [1.807, 2.05) is 0 Å². The zero-order chi connectivity index (χ0) is 9.26. The van der Waals surface area contributed by atoms with Crippen LogP contribution in [0.2, 0.25) is 0 Å². The predicted octanol–water partition coefficient (Wildman–Crippen LogP) is 0.881. The average Bonchev–Trinajstić information content (AvgIpc) is 2.53. The van der Waals surface area contributed by atoms with Gasteiger partial charge >= 0.3 is 0 Å². The van der Waals surface area contributed by atoms with Gasteiger partial charge in [-0.1, -0.05) is 0 Å². The molecule has 0 aromatic heterocycles. The third-order valence-corrected chi connectivity index (χ3v) is 1.83. The van der Waals surface area contributed by atoms with Crippen LogP contribution in [0.25, 0.3) is 0 Å². The Kier molecular flexibility index (Phi) is 1.88. The van der Waals surface area contributed by atoms with E-state index >= 15 is 0 Å². The molecule has 0 fully saturated rings. The van der Waals surface area contributed by atoms with E-state index in [1.165, 1.54) is 12.1 Å². The molecule has 0 radical (unpaired) electrons. The minimum absolute atomic E-state index is 0.0774. The van der Waals surface area contributed by atoms with Gasteiger partial charge in [0.1, 0.15) is 17.4 Å². The Labute approximate surface area is 74.9 Å². The van der Waals surface area contributed by atoms with Crippen molar-refractivity contribution in [3.63, 3.8) is 0 Å². The molecule has 68 valence electrons. The number of nitrogens with one attached hydrogen (secondary N) is 1. The van der Waals surface area contributed by atoms with Gasteiger partial charge in [0.2, 0.25) is 0 Å². The Morgan fingerprint density at radius 3 is 2.85 bits per heavy atom. The topological polar surface area (TPSA) is 44.6 Å². The molecule has 1 aromatic rings. The summed E-state index contributed by atoms with van der Waals surface area (Å²) in [6.45, 7) is 1.47. The van der Waals surface area contributed by atoms with Crippen LogP contribution < -0.4 is 5.32 Å². The van der Waals surface area contributed by atoms with Crippen molar-refractivity contribution < 1.29 is 9.50 Å². The number of nitrogens with zero attached hydrogens (tertiary/aromatic N) is 1. The molecule has 0 amide bonds. The lowest BCUT2D eigenvalue weighted by Crippen LogP contribution is -2.19. The summed E-state index contributed by atoms with van der Waals surface area (Å²) in [6, 6.07) is 3.90. The van der Waals surface area contributed by atoms with Crippen molar-refractivity contribution in [2.24, 2.45) is 4.99 Å². The number of aliphatic imine (C=N–C) groups is 1. The van der Waals surface area contributed by atoms with E-state index in [4.69, 9.17) is 5.11 Å². The van der Waals surface area contributed by atoms with Gasteiger partial charge in [-0.25, -0.2) is 4.39 Å². The van der Waals surface area contributed by atoms with Crippen molar-refractivity contribution in [2.45, 2.75) is 0 Å². The number of amidine groups is 1. The third kappa shape index (κ3) is 1.61. The second-order valence-corrected chi connectivity index (χ2v) is 2.86. The first-order chi connectivity index (χ1) is 6.25. The number of benzene rings is 1. The SMILES string of the molecule is Oc1cc(F)cc(C2=NCCN2)c1. The fraction of sp³-hybridized carbons (Fsp3) is 0.222. The van der Waals surface area contributed by atoms with Crippen molar-refractivity contribution in [3.05, 3.63) is 29.6 Å². The number of rotatable bonds is 1. The van der Waals surface area contributed by atoms with Crippen LogP contribution in [0.3, 0.4) is 0 Å². The van der Waals surface area contributed by atoms with Gasteiger partial charge in [0, 0.05) is 18.2 Å². The number of aromatic hydroxyl groups is 1. The fourth-order valence-electron chi connectivity index (χ4n) is 1.30. The molecule has 0 unspecified atom stereocenters. The molecular formula is C9H9FN2O. The van der Waals surface area contributed by atoms with Crippen LogP contribution in [0, 0.1) is 5.82 Å². The largest absolute Gasteiger partial charge is 0.508 e. The molecule has 0 aliphatic carbocycles. The summed E-state index contributed by atoms with van der Waals surface area (Å²) in [7, 11) is 0. The molecule has 0 bridgehead atoms. The molecule has 1 aliphatic rings. The van der Waals surface area contributed by atoms with Gasteiger partial charge in [-0.05, 0) is 12.1 Å². The molecule has 0 spiro atoms. The minimum atomic E-state index is -0.452. The normalized spacial score (nSPS) is 15.3. The summed E-state index contributed by atoms with van der Waals surface area (Å²) in [6.07, 6.45) is 0. The number of phenolic OH excluding ortho intramolecular Hbond substituents is 1. The van der Waals surface area contributed by atoms with Crippen molar-refractivity contribution in [3.8, 4) is 5.75 Å². The van der Waals surface area contributed by atoms with Crippen LogP contribution in [-0.4, -0.2) is 24.0 Å². The molecular weight excluding hydrogens is 171 g/mol. The lowest BCUT2D eigenvalue weighted by atomic mass is 10.2. The van der Waals surface area contributed by atoms with Crippen LogP contribution in [-0.2, 0) is 0 Å². The molecule has 13 heavy (non-hydrogen) atoms. The fourth-order valence-corrected chi connectivity index (χ4v) is 1.30. The van der Waals surface area contributed by atoms with Gasteiger partial charge in [-0.15, -0.1) is 0 Å². The smallest absolute Gasteiger partial charge is 0.128 e. The molecule has 0 saturated carbocycles. The highest BCUT2D eigenvalue weighted by Gasteiger charge is 2.09. The summed E-state index contributed by atoms with van der Waals surface area (Å²) in [4.78, 5) is 4.12. The lowest BCUT2D eigenvalue weighted by Gasteiger charge is -2.02. The summed E-state index contributed by atoms with van der Waals surface area (Å²) >= 11 is 0. The zero-order valence-electron chi connectivity index (χ0n) is 6.92. The Balaban J connectivity index is 2.39. The monoisotopic (exact) mass is 180 g/mol. The maximum absolute atomic E-state index is 12.8. The standard InChI is InChI=1S/C9H9FN2O/c10-7-3-6(4-8(13)5-7)9-11-1-2-12-9/h3-5,13H,1-2H2,(H,11,12). The molecule has 1 aromatic carbocycles. The quantitative estimate of drug-likeness (QED) is 0.673. The van der Waals surface area contributed by atoms with Gasteiger partial charge in [0.15, 0.2) is 0 Å². The van der Waals surface area contributed by atoms with Gasteiger partial charge in [0.05, 0.1) is 6.54 Å². The number of halogens is 1. The lowest BCUT2D eigenvalue weighted by molar-refractivity contribution is 0.469. The van der Waals surface area contributed by atoms with E-state index in [0.717, 1.165) is 12.6 Å². The first-order valence-electron chi connectivity index (χ1n) is 4.04. The average molecular weight is 180 g/mol. The maximum atomic E-state index is 12.8. The first kappa shape index (κ1) is 8.04. The Bertz CT molecular complexity index is 342. The van der Waals surface area contributed by atoms with Crippen LogP contribution in [0.1, 0.15) is 5.56 Å². The van der Waals surface area contributed by atoms with Gasteiger partial charge in [-0.3, -0.25) is 4.99 Å². The molecule has 3 nitrogen and oxygen atoms in total. The zero-order valence-corrected chi connectivity index (χ0v) is 6.92. The van der Waals surface area contributed by atoms with Gasteiger partial charge in [-0.2, -0.15) is 0 Å². The van der Waals surface area contributed by atoms with E-state index in [2.05, 4.69) is 10.3 Å². The maximum Gasteiger partial charge on any atom is 0.128 e. The first-order valence-corrected chi connectivity index (χ1v) is 4.04. The molecule has 1 heterocycles. The van der Waals surface area contributed by atoms with Crippen molar-refractivity contribution in [1.29, 1.82) is 0 Å². The summed E-state index contributed by atoms with van der Waals surface area (Å²) < 4.78 is 12.8. The highest BCUT2D eigenvalue weighted by Crippen LogP contribution is 2.15. The van der Waals surface area contributed by atoms with Crippen LogP contribution in [0.5, 0.6) is 5.75 Å². The molecule has 2 N–H and O–H groups in total.